The molecule has 1 aromatic heterocycles. The van der Waals surface area contributed by atoms with E-state index in [4.69, 9.17) is 11.5 Å². The summed E-state index contributed by atoms with van der Waals surface area (Å²) in [6.07, 6.45) is 3.53. The van der Waals surface area contributed by atoms with Crippen molar-refractivity contribution in [3.05, 3.63) is 60.4 Å². The van der Waals surface area contributed by atoms with Gasteiger partial charge in [0, 0.05) is 4.90 Å². The summed E-state index contributed by atoms with van der Waals surface area (Å²) in [5.74, 6) is -0.753. The summed E-state index contributed by atoms with van der Waals surface area (Å²) in [7, 11) is 0. The number of urea groups is 1. The molecule has 7 nitrogen and oxygen atoms in total. The second kappa shape index (κ2) is 7.32. The molecule has 5 N–H and O–H groups in total. The van der Waals surface area contributed by atoms with Crippen molar-refractivity contribution in [3.8, 4) is 16.8 Å². The molecule has 8 heteroatoms. The Morgan fingerprint density at radius 2 is 1.77 bits per heavy atom. The molecule has 132 valence electrons. The van der Waals surface area contributed by atoms with Crippen molar-refractivity contribution in [1.29, 1.82) is 0 Å². The summed E-state index contributed by atoms with van der Waals surface area (Å²) >= 11 is 1.67. The van der Waals surface area contributed by atoms with Gasteiger partial charge >= 0.3 is 6.03 Å². The number of thioether (sulfide) groups is 1. The second-order valence-electron chi connectivity index (χ2n) is 5.47. The van der Waals surface area contributed by atoms with Gasteiger partial charge in [0.15, 0.2) is 5.69 Å². The van der Waals surface area contributed by atoms with Crippen LogP contribution < -0.4 is 16.8 Å². The van der Waals surface area contributed by atoms with Gasteiger partial charge in [0.2, 0.25) is 0 Å². The Balaban J connectivity index is 2.02. The summed E-state index contributed by atoms with van der Waals surface area (Å²) in [5, 5.41) is 6.53. The first-order valence-corrected chi connectivity index (χ1v) is 8.91. The Hall–Kier alpha value is -3.26. The van der Waals surface area contributed by atoms with E-state index in [9.17, 15) is 9.59 Å². The van der Waals surface area contributed by atoms with Gasteiger partial charge in [0.1, 0.15) is 0 Å². The molecule has 0 bridgehead atoms. The highest BCUT2D eigenvalue weighted by Crippen LogP contribution is 2.26. The van der Waals surface area contributed by atoms with Gasteiger partial charge in [-0.15, -0.1) is 11.8 Å². The molecule has 0 spiro atoms. The van der Waals surface area contributed by atoms with Crippen molar-refractivity contribution in [2.75, 3.05) is 11.6 Å². The maximum Gasteiger partial charge on any atom is 0.316 e. The van der Waals surface area contributed by atoms with Crippen molar-refractivity contribution in [1.82, 2.24) is 9.78 Å². The predicted octanol–water partition coefficient (Wildman–Crippen LogP) is 2.85. The van der Waals surface area contributed by atoms with Gasteiger partial charge in [-0.1, -0.05) is 24.3 Å². The minimum atomic E-state index is -0.797. The third-order valence-electron chi connectivity index (χ3n) is 3.72. The molecular formula is C18H17N5O2S. The Labute approximate surface area is 154 Å². The topological polar surface area (TPSA) is 116 Å². The summed E-state index contributed by atoms with van der Waals surface area (Å²) in [6, 6.07) is 15.0. The Morgan fingerprint density at radius 1 is 1.08 bits per heavy atom. The molecule has 1 heterocycles. The summed E-state index contributed by atoms with van der Waals surface area (Å²) in [6.45, 7) is 0. The molecule has 0 aliphatic rings. The van der Waals surface area contributed by atoms with Crippen LogP contribution in [0.25, 0.3) is 16.8 Å². The predicted molar refractivity (Wildman–Crippen MR) is 103 cm³/mol. The molecule has 0 fully saturated rings. The van der Waals surface area contributed by atoms with Crippen molar-refractivity contribution in [2.24, 2.45) is 11.5 Å². The standard InChI is InChI=1S/C18H17N5O2S/c1-26-14-7-3-5-12(9-14)11-4-2-6-13(8-11)23-10-15(21-18(20)25)16(22-23)17(19)24/h2-10H,1H3,(H2,19,24)(H3,20,21,25). The fourth-order valence-corrected chi connectivity index (χ4v) is 3.00. The number of amides is 3. The van der Waals surface area contributed by atoms with Crippen molar-refractivity contribution in [2.45, 2.75) is 4.90 Å². The zero-order valence-corrected chi connectivity index (χ0v) is 14.8. The third kappa shape index (κ3) is 3.70. The van der Waals surface area contributed by atoms with Crippen LogP contribution in [0.5, 0.6) is 0 Å². The van der Waals surface area contributed by atoms with Crippen molar-refractivity contribution in [3.63, 3.8) is 0 Å². The number of rotatable bonds is 5. The molecule has 0 saturated carbocycles. The van der Waals surface area contributed by atoms with Gasteiger partial charge in [-0.2, -0.15) is 5.10 Å². The van der Waals surface area contributed by atoms with E-state index in [2.05, 4.69) is 16.5 Å². The van der Waals surface area contributed by atoms with Gasteiger partial charge in [-0.25, -0.2) is 9.48 Å². The maximum absolute atomic E-state index is 11.6. The number of hydrogen-bond donors (Lipinski definition) is 3. The minimum Gasteiger partial charge on any atom is -0.364 e. The number of hydrogen-bond acceptors (Lipinski definition) is 4. The fourth-order valence-electron chi connectivity index (χ4n) is 2.54. The number of nitrogens with zero attached hydrogens (tertiary/aromatic N) is 2. The van der Waals surface area contributed by atoms with E-state index in [0.717, 1.165) is 21.7 Å². The largest absolute Gasteiger partial charge is 0.364 e. The Morgan fingerprint density at radius 3 is 2.42 bits per heavy atom. The number of nitrogens with two attached hydrogens (primary N) is 2. The van der Waals surface area contributed by atoms with E-state index in [-0.39, 0.29) is 11.4 Å². The lowest BCUT2D eigenvalue weighted by atomic mass is 10.1. The number of nitrogens with one attached hydrogen (secondary N) is 1. The number of benzene rings is 2. The van der Waals surface area contributed by atoms with Crippen LogP contribution >= 0.6 is 11.8 Å². The summed E-state index contributed by atoms with van der Waals surface area (Å²) < 4.78 is 1.48. The van der Waals surface area contributed by atoms with E-state index in [0.29, 0.717) is 0 Å². The van der Waals surface area contributed by atoms with Crippen LogP contribution in [-0.4, -0.2) is 28.0 Å². The van der Waals surface area contributed by atoms with Crippen LogP contribution in [0.3, 0.4) is 0 Å². The van der Waals surface area contributed by atoms with E-state index in [1.807, 2.05) is 48.7 Å². The van der Waals surface area contributed by atoms with Gasteiger partial charge < -0.3 is 16.8 Å². The summed E-state index contributed by atoms with van der Waals surface area (Å²) in [5.41, 5.74) is 13.3. The van der Waals surface area contributed by atoms with Gasteiger partial charge in [-0.05, 0) is 41.6 Å². The van der Waals surface area contributed by atoms with Gasteiger partial charge in [-0.3, -0.25) is 4.79 Å². The molecule has 2 aromatic carbocycles. The fraction of sp³-hybridized carbons (Fsp3) is 0.0556. The molecule has 26 heavy (non-hydrogen) atoms. The molecule has 0 atom stereocenters. The van der Waals surface area contributed by atoms with Gasteiger partial charge in [0.05, 0.1) is 17.6 Å². The Bertz CT molecular complexity index is 983. The lowest BCUT2D eigenvalue weighted by Crippen LogP contribution is -2.22. The van der Waals surface area contributed by atoms with Crippen LogP contribution in [0.2, 0.25) is 0 Å². The third-order valence-corrected chi connectivity index (χ3v) is 4.44. The smallest absolute Gasteiger partial charge is 0.316 e. The maximum atomic E-state index is 11.6. The van der Waals surface area contributed by atoms with E-state index in [1.54, 1.807) is 11.8 Å². The van der Waals surface area contributed by atoms with E-state index in [1.165, 1.54) is 10.9 Å². The highest BCUT2D eigenvalue weighted by molar-refractivity contribution is 7.98. The minimum absolute atomic E-state index is 0.0569. The molecule has 0 radical (unpaired) electrons. The number of aromatic nitrogens is 2. The molecule has 0 aliphatic heterocycles. The molecule has 0 unspecified atom stereocenters. The molecule has 3 aromatic rings. The lowest BCUT2D eigenvalue weighted by molar-refractivity contribution is 0.0996. The Kier molecular flexibility index (Phi) is 4.94. The normalized spacial score (nSPS) is 10.5. The van der Waals surface area contributed by atoms with E-state index >= 15 is 0 Å². The average molecular weight is 367 g/mol. The molecule has 0 aliphatic carbocycles. The SMILES string of the molecule is CSc1cccc(-c2cccc(-n3cc(NC(N)=O)c(C(N)=O)n3)c2)c1. The zero-order valence-electron chi connectivity index (χ0n) is 14.0. The number of primary amides is 2. The highest BCUT2D eigenvalue weighted by Gasteiger charge is 2.16. The molecular weight excluding hydrogens is 350 g/mol. The van der Waals surface area contributed by atoms with Crippen LogP contribution in [0, 0.1) is 0 Å². The van der Waals surface area contributed by atoms with Crippen LogP contribution in [-0.2, 0) is 0 Å². The molecule has 0 saturated heterocycles. The quantitative estimate of drug-likeness (QED) is 0.601. The first-order valence-electron chi connectivity index (χ1n) is 7.68. The van der Waals surface area contributed by atoms with Crippen LogP contribution in [0.4, 0.5) is 10.5 Å². The lowest BCUT2D eigenvalue weighted by Gasteiger charge is -2.07. The van der Waals surface area contributed by atoms with E-state index < -0.39 is 11.9 Å². The average Bonchev–Trinajstić information content (AvgIpc) is 3.05. The number of carbonyl (C=O) groups excluding carboxylic acids is 2. The van der Waals surface area contributed by atoms with Crippen molar-refractivity contribution < 1.29 is 9.59 Å². The first kappa shape index (κ1) is 17.6. The van der Waals surface area contributed by atoms with Crippen LogP contribution in [0.15, 0.2) is 59.6 Å². The number of carbonyl (C=O) groups is 2. The first-order chi connectivity index (χ1) is 12.5. The summed E-state index contributed by atoms with van der Waals surface area (Å²) in [4.78, 5) is 23.8. The van der Waals surface area contributed by atoms with Crippen molar-refractivity contribution >= 4 is 29.4 Å². The molecule has 3 amide bonds. The zero-order chi connectivity index (χ0) is 18.7. The number of anilines is 1. The van der Waals surface area contributed by atoms with Gasteiger partial charge in [0.25, 0.3) is 5.91 Å². The second-order valence-corrected chi connectivity index (χ2v) is 6.35. The monoisotopic (exact) mass is 367 g/mol. The van der Waals surface area contributed by atoms with Crippen LogP contribution in [0.1, 0.15) is 10.5 Å². The highest BCUT2D eigenvalue weighted by atomic mass is 32.2. The molecule has 3 rings (SSSR count).